The van der Waals surface area contributed by atoms with Crippen molar-refractivity contribution in [1.82, 2.24) is 0 Å². The minimum atomic E-state index is -0.345. The molecule has 60 valence electrons. The molecule has 0 amide bonds. The highest BCUT2D eigenvalue weighted by molar-refractivity contribution is 4.74. The maximum atomic E-state index is 9.18. The molecule has 0 radical (unpaired) electrons. The third kappa shape index (κ3) is 1.68. The van der Waals surface area contributed by atoms with Crippen LogP contribution in [0.25, 0.3) is 0 Å². The van der Waals surface area contributed by atoms with E-state index in [1.165, 1.54) is 0 Å². The quantitative estimate of drug-likeness (QED) is 0.543. The molecule has 1 saturated heterocycles. The molecule has 0 spiro atoms. The number of aliphatic hydroxyl groups excluding tert-OH is 2. The monoisotopic (exact) mass is 146 g/mol. The largest absolute Gasteiger partial charge is 0.394 e. The summed E-state index contributed by atoms with van der Waals surface area (Å²) >= 11 is 0. The summed E-state index contributed by atoms with van der Waals surface area (Å²) in [6.45, 7) is 1.89. The molecular weight excluding hydrogens is 132 g/mol. The lowest BCUT2D eigenvalue weighted by atomic mass is 10.0. The van der Waals surface area contributed by atoms with Crippen LogP contribution in [0.5, 0.6) is 0 Å². The second-order valence-corrected chi connectivity index (χ2v) is 2.79. The summed E-state index contributed by atoms with van der Waals surface area (Å²) in [7, 11) is 0. The van der Waals surface area contributed by atoms with Gasteiger partial charge in [-0.25, -0.2) is 0 Å². The Morgan fingerprint density at radius 3 is 2.70 bits per heavy atom. The minimum absolute atomic E-state index is 0.0570. The van der Waals surface area contributed by atoms with Crippen molar-refractivity contribution in [2.45, 2.75) is 38.1 Å². The molecular formula is C7H14O3. The van der Waals surface area contributed by atoms with E-state index in [-0.39, 0.29) is 24.9 Å². The first-order valence-electron chi connectivity index (χ1n) is 3.68. The van der Waals surface area contributed by atoms with E-state index in [0.29, 0.717) is 0 Å². The Morgan fingerprint density at radius 1 is 1.50 bits per heavy atom. The molecule has 1 aliphatic rings. The number of hydrogen-bond donors (Lipinski definition) is 2. The van der Waals surface area contributed by atoms with E-state index >= 15 is 0 Å². The lowest BCUT2D eigenvalue weighted by Gasteiger charge is -2.30. The third-order valence-corrected chi connectivity index (χ3v) is 1.94. The van der Waals surface area contributed by atoms with Crippen LogP contribution in [-0.2, 0) is 4.74 Å². The van der Waals surface area contributed by atoms with E-state index in [2.05, 4.69) is 0 Å². The van der Waals surface area contributed by atoms with Crippen LogP contribution in [0.1, 0.15) is 19.8 Å². The molecule has 0 bridgehead atoms. The first-order valence-corrected chi connectivity index (χ1v) is 3.68. The van der Waals surface area contributed by atoms with Crippen molar-refractivity contribution in [3.8, 4) is 0 Å². The lowest BCUT2D eigenvalue weighted by Crippen LogP contribution is -2.38. The fraction of sp³-hybridized carbons (Fsp3) is 1.00. The summed E-state index contributed by atoms with van der Waals surface area (Å²) in [6.07, 6.45) is 0.987. The van der Waals surface area contributed by atoms with Gasteiger partial charge in [-0.2, -0.15) is 0 Å². The van der Waals surface area contributed by atoms with Crippen LogP contribution in [0, 0.1) is 0 Å². The maximum absolute atomic E-state index is 9.18. The highest BCUT2D eigenvalue weighted by Gasteiger charge is 2.25. The Hall–Kier alpha value is -0.120. The van der Waals surface area contributed by atoms with E-state index in [0.717, 1.165) is 12.8 Å². The van der Waals surface area contributed by atoms with Gasteiger partial charge in [-0.3, -0.25) is 0 Å². The highest BCUT2D eigenvalue weighted by atomic mass is 16.5. The fourth-order valence-corrected chi connectivity index (χ4v) is 1.19. The van der Waals surface area contributed by atoms with Crippen molar-refractivity contribution in [3.05, 3.63) is 0 Å². The standard InChI is InChI=1S/C7H14O3/c1-5-7(9)3-2-6(4-8)10-5/h5-9H,2-4H2,1H3. The Kier molecular flexibility index (Phi) is 2.65. The zero-order valence-electron chi connectivity index (χ0n) is 6.16. The van der Waals surface area contributed by atoms with Crippen molar-refractivity contribution < 1.29 is 14.9 Å². The summed E-state index contributed by atoms with van der Waals surface area (Å²) in [6, 6.07) is 0. The van der Waals surface area contributed by atoms with Gasteiger partial charge in [-0.15, -0.1) is 0 Å². The molecule has 0 aromatic carbocycles. The summed E-state index contributed by atoms with van der Waals surface area (Å²) in [4.78, 5) is 0. The molecule has 0 saturated carbocycles. The molecule has 3 nitrogen and oxygen atoms in total. The molecule has 1 aliphatic heterocycles. The van der Waals surface area contributed by atoms with Gasteiger partial charge >= 0.3 is 0 Å². The molecule has 3 atom stereocenters. The SMILES string of the molecule is CC1OC(CO)CCC1O. The van der Waals surface area contributed by atoms with Gasteiger partial charge in [0, 0.05) is 0 Å². The number of ether oxygens (including phenoxy) is 1. The van der Waals surface area contributed by atoms with Gasteiger partial charge in [-0.1, -0.05) is 0 Å². The smallest absolute Gasteiger partial charge is 0.0811 e. The number of aliphatic hydroxyl groups is 2. The summed E-state index contributed by atoms with van der Waals surface area (Å²) in [5.41, 5.74) is 0. The Bertz CT molecular complexity index is 105. The number of rotatable bonds is 1. The average Bonchev–Trinajstić information content (AvgIpc) is 1.95. The molecule has 10 heavy (non-hydrogen) atoms. The average molecular weight is 146 g/mol. The first kappa shape index (κ1) is 7.98. The van der Waals surface area contributed by atoms with Gasteiger partial charge in [0.25, 0.3) is 0 Å². The van der Waals surface area contributed by atoms with Gasteiger partial charge in [-0.05, 0) is 19.8 Å². The predicted octanol–water partition coefficient (Wildman–Crippen LogP) is -0.0929. The lowest BCUT2D eigenvalue weighted by molar-refractivity contribution is -0.121. The van der Waals surface area contributed by atoms with Gasteiger partial charge in [0.15, 0.2) is 0 Å². The Labute approximate surface area is 60.6 Å². The zero-order chi connectivity index (χ0) is 7.56. The molecule has 1 rings (SSSR count). The summed E-state index contributed by atoms with van der Waals surface area (Å²) in [5.74, 6) is 0. The van der Waals surface area contributed by atoms with Crippen LogP contribution in [0.4, 0.5) is 0 Å². The Balaban J connectivity index is 2.33. The second kappa shape index (κ2) is 3.32. The van der Waals surface area contributed by atoms with E-state index in [1.807, 2.05) is 6.92 Å². The Morgan fingerprint density at radius 2 is 2.20 bits per heavy atom. The molecule has 2 N–H and O–H groups in total. The van der Waals surface area contributed by atoms with E-state index < -0.39 is 0 Å². The topological polar surface area (TPSA) is 49.7 Å². The van der Waals surface area contributed by atoms with Crippen LogP contribution < -0.4 is 0 Å². The fourth-order valence-electron chi connectivity index (χ4n) is 1.19. The van der Waals surface area contributed by atoms with Crippen molar-refractivity contribution in [2.75, 3.05) is 6.61 Å². The molecule has 1 fully saturated rings. The van der Waals surface area contributed by atoms with E-state index in [1.54, 1.807) is 0 Å². The first-order chi connectivity index (χ1) is 4.74. The van der Waals surface area contributed by atoms with Gasteiger partial charge in [0.05, 0.1) is 24.9 Å². The van der Waals surface area contributed by atoms with E-state index in [4.69, 9.17) is 9.84 Å². The highest BCUT2D eigenvalue weighted by Crippen LogP contribution is 2.18. The normalized spacial score (nSPS) is 41.7. The molecule has 3 unspecified atom stereocenters. The van der Waals surface area contributed by atoms with Gasteiger partial charge < -0.3 is 14.9 Å². The molecule has 3 heteroatoms. The van der Waals surface area contributed by atoms with Crippen LogP contribution >= 0.6 is 0 Å². The molecule has 0 aromatic heterocycles. The van der Waals surface area contributed by atoms with Crippen LogP contribution in [0.3, 0.4) is 0 Å². The zero-order valence-corrected chi connectivity index (χ0v) is 6.16. The van der Waals surface area contributed by atoms with Crippen molar-refractivity contribution in [1.29, 1.82) is 0 Å². The van der Waals surface area contributed by atoms with Crippen LogP contribution in [-0.4, -0.2) is 35.1 Å². The molecule has 1 heterocycles. The third-order valence-electron chi connectivity index (χ3n) is 1.94. The summed E-state index contributed by atoms with van der Waals surface area (Å²) < 4.78 is 5.25. The van der Waals surface area contributed by atoms with Gasteiger partial charge in [0.1, 0.15) is 0 Å². The van der Waals surface area contributed by atoms with Crippen molar-refractivity contribution in [2.24, 2.45) is 0 Å². The van der Waals surface area contributed by atoms with Crippen molar-refractivity contribution in [3.63, 3.8) is 0 Å². The molecule has 0 aromatic rings. The van der Waals surface area contributed by atoms with E-state index in [9.17, 15) is 5.11 Å². The summed E-state index contributed by atoms with van der Waals surface area (Å²) in [5, 5.41) is 17.9. The predicted molar refractivity (Wildman–Crippen MR) is 36.7 cm³/mol. The maximum Gasteiger partial charge on any atom is 0.0811 e. The van der Waals surface area contributed by atoms with Crippen molar-refractivity contribution >= 4 is 0 Å². The van der Waals surface area contributed by atoms with Gasteiger partial charge in [0.2, 0.25) is 0 Å². The molecule has 0 aliphatic carbocycles. The van der Waals surface area contributed by atoms with Crippen LogP contribution in [0.15, 0.2) is 0 Å². The minimum Gasteiger partial charge on any atom is -0.394 e. The number of hydrogen-bond acceptors (Lipinski definition) is 3. The van der Waals surface area contributed by atoms with Crippen LogP contribution in [0.2, 0.25) is 0 Å². The second-order valence-electron chi connectivity index (χ2n) is 2.79.